The third-order valence-electron chi connectivity index (χ3n) is 6.84. The Morgan fingerprint density at radius 2 is 1.91 bits per heavy atom. The summed E-state index contributed by atoms with van der Waals surface area (Å²) >= 11 is 0. The quantitative estimate of drug-likeness (QED) is 0.411. The summed E-state index contributed by atoms with van der Waals surface area (Å²) in [6.45, 7) is 0.576. The molecule has 2 aliphatic heterocycles. The molecule has 6 atom stereocenters. The van der Waals surface area contributed by atoms with Crippen molar-refractivity contribution in [1.82, 2.24) is 0 Å². The number of allylic oxidation sites excluding steroid dienone is 3. The SMILES string of the molecule is C[N+](C)(CCCC1=CC2=CC=CCC2Nc2ccccc21)[C@@H]1O[C@H](C(=O)O)[C@@H](O)[C@H](O)[C@H]1O. The fourth-order valence-electron chi connectivity index (χ4n) is 4.95. The summed E-state index contributed by atoms with van der Waals surface area (Å²) in [5.41, 5.74) is 4.72. The van der Waals surface area contributed by atoms with Gasteiger partial charge in [0.2, 0.25) is 6.23 Å². The first-order chi connectivity index (χ1) is 15.7. The Hall–Kier alpha value is -2.49. The van der Waals surface area contributed by atoms with Crippen LogP contribution in [0.3, 0.4) is 0 Å². The van der Waals surface area contributed by atoms with Crippen LogP contribution < -0.4 is 5.32 Å². The summed E-state index contributed by atoms with van der Waals surface area (Å²) < 4.78 is 5.72. The molecule has 3 aliphatic rings. The summed E-state index contributed by atoms with van der Waals surface area (Å²) in [5, 5.41) is 43.7. The van der Waals surface area contributed by atoms with Gasteiger partial charge in [0.05, 0.1) is 26.7 Å². The van der Waals surface area contributed by atoms with Gasteiger partial charge in [-0.25, -0.2) is 4.79 Å². The van der Waals surface area contributed by atoms with Crippen molar-refractivity contribution in [1.29, 1.82) is 0 Å². The molecule has 1 saturated heterocycles. The number of nitrogens with one attached hydrogen (secondary N) is 1. The molecule has 2 heterocycles. The Kier molecular flexibility index (Phi) is 6.74. The Balaban J connectivity index is 1.49. The zero-order valence-electron chi connectivity index (χ0n) is 19.0. The fraction of sp³-hybridized carbons (Fsp3) is 0.480. The van der Waals surface area contributed by atoms with Gasteiger partial charge in [-0.05, 0) is 30.1 Å². The number of carboxylic acids is 1. The summed E-state index contributed by atoms with van der Waals surface area (Å²) in [7, 11) is 3.66. The molecule has 8 nitrogen and oxygen atoms in total. The summed E-state index contributed by atoms with van der Waals surface area (Å²) in [5.74, 6) is -1.37. The molecule has 0 radical (unpaired) electrons. The minimum atomic E-state index is -1.68. The molecule has 0 saturated carbocycles. The zero-order valence-corrected chi connectivity index (χ0v) is 19.0. The molecule has 0 amide bonds. The van der Waals surface area contributed by atoms with Crippen LogP contribution >= 0.6 is 0 Å². The normalized spacial score (nSPS) is 31.4. The van der Waals surface area contributed by atoms with Gasteiger partial charge in [0, 0.05) is 17.7 Å². The van der Waals surface area contributed by atoms with Crippen LogP contribution in [0.4, 0.5) is 5.69 Å². The van der Waals surface area contributed by atoms with Crippen LogP contribution in [0.5, 0.6) is 0 Å². The molecule has 1 aromatic carbocycles. The molecule has 8 heteroatoms. The zero-order chi connectivity index (χ0) is 23.8. The number of hydrogen-bond acceptors (Lipinski definition) is 6. The molecular formula is C25H33N2O6+. The van der Waals surface area contributed by atoms with E-state index in [2.05, 4.69) is 41.8 Å². The molecule has 1 unspecified atom stereocenters. The molecule has 1 aliphatic carbocycles. The monoisotopic (exact) mass is 457 g/mol. The summed E-state index contributed by atoms with van der Waals surface area (Å²) in [4.78, 5) is 11.5. The predicted molar refractivity (Wildman–Crippen MR) is 124 cm³/mol. The number of rotatable bonds is 6. The largest absolute Gasteiger partial charge is 0.479 e. The standard InChI is InChI=1S/C25H32N2O6/c1-27(2,24-22(30)20(28)21(29)23(33-24)25(31)32)13-7-9-15-14-16-8-3-5-11-18(16)26-19-12-6-4-10-17(15)19/h3-6,8,10,12,14,18,20-24,26,28-30H,7,9,11,13H2,1-2H3/p+1/t18?,20-,21-,22+,23-,24+/m0/s1. The highest BCUT2D eigenvalue weighted by molar-refractivity contribution is 5.80. The highest BCUT2D eigenvalue weighted by atomic mass is 16.6. The summed E-state index contributed by atoms with van der Waals surface area (Å²) in [6.07, 6.45) is 3.87. The minimum absolute atomic E-state index is 0.149. The van der Waals surface area contributed by atoms with Gasteiger partial charge in [-0.3, -0.25) is 0 Å². The average molecular weight is 458 g/mol. The van der Waals surface area contributed by atoms with Crippen molar-refractivity contribution < 1.29 is 34.4 Å². The van der Waals surface area contributed by atoms with E-state index >= 15 is 0 Å². The summed E-state index contributed by atoms with van der Waals surface area (Å²) in [6, 6.07) is 8.50. The first kappa shape index (κ1) is 23.7. The number of carbonyl (C=O) groups is 1. The van der Waals surface area contributed by atoms with Crippen LogP contribution in [0, 0.1) is 0 Å². The van der Waals surface area contributed by atoms with Crippen molar-refractivity contribution in [3.63, 3.8) is 0 Å². The topological polar surface area (TPSA) is 119 Å². The van der Waals surface area contributed by atoms with Crippen molar-refractivity contribution in [3.8, 4) is 0 Å². The number of nitrogens with zero attached hydrogens (tertiary/aromatic N) is 1. The molecule has 4 rings (SSSR count). The second-order valence-corrected chi connectivity index (χ2v) is 9.61. The maximum atomic E-state index is 11.5. The highest BCUT2D eigenvalue weighted by Gasteiger charge is 2.52. The lowest BCUT2D eigenvalue weighted by atomic mass is 9.94. The van der Waals surface area contributed by atoms with Crippen LogP contribution in [0.1, 0.15) is 24.8 Å². The van der Waals surface area contributed by atoms with E-state index in [9.17, 15) is 25.2 Å². The third kappa shape index (κ3) is 4.76. The lowest BCUT2D eigenvalue weighted by Crippen LogP contribution is -2.68. The number of aliphatic hydroxyl groups is 3. The number of aliphatic hydroxyl groups excluding tert-OH is 3. The number of hydrogen-bond donors (Lipinski definition) is 5. The van der Waals surface area contributed by atoms with E-state index in [-0.39, 0.29) is 10.5 Å². The van der Waals surface area contributed by atoms with Crippen molar-refractivity contribution in [2.24, 2.45) is 0 Å². The van der Waals surface area contributed by atoms with Crippen LogP contribution in [-0.2, 0) is 9.53 Å². The van der Waals surface area contributed by atoms with E-state index in [4.69, 9.17) is 4.74 Å². The van der Waals surface area contributed by atoms with E-state index < -0.39 is 36.6 Å². The van der Waals surface area contributed by atoms with Gasteiger partial charge in [0.25, 0.3) is 0 Å². The van der Waals surface area contributed by atoms with Gasteiger partial charge in [0.1, 0.15) is 12.2 Å². The van der Waals surface area contributed by atoms with Crippen LogP contribution in [0.25, 0.3) is 5.57 Å². The molecule has 178 valence electrons. The number of para-hydroxylation sites is 1. The van der Waals surface area contributed by atoms with Crippen LogP contribution in [0.15, 0.2) is 54.1 Å². The maximum absolute atomic E-state index is 11.5. The highest BCUT2D eigenvalue weighted by Crippen LogP contribution is 2.35. The molecule has 5 N–H and O–H groups in total. The molecule has 1 fully saturated rings. The van der Waals surface area contributed by atoms with Crippen LogP contribution in [0.2, 0.25) is 0 Å². The number of carboxylic acid groups (broad SMARTS) is 1. The van der Waals surface area contributed by atoms with Crippen molar-refractivity contribution >= 4 is 17.2 Å². The Labute approximate surface area is 193 Å². The van der Waals surface area contributed by atoms with Crippen molar-refractivity contribution in [2.45, 2.75) is 55.9 Å². The number of likely N-dealkylation sites (N-methyl/N-ethyl adjacent to an activating group) is 1. The molecule has 33 heavy (non-hydrogen) atoms. The molecule has 0 bridgehead atoms. The van der Waals surface area contributed by atoms with Crippen LogP contribution in [-0.4, -0.2) is 88.2 Å². The molecular weight excluding hydrogens is 424 g/mol. The number of anilines is 1. The number of aliphatic carboxylic acids is 1. The average Bonchev–Trinajstić information content (AvgIpc) is 2.93. The first-order valence-electron chi connectivity index (χ1n) is 11.4. The lowest BCUT2D eigenvalue weighted by Gasteiger charge is -2.46. The number of benzene rings is 1. The van der Waals surface area contributed by atoms with Gasteiger partial charge in [0.15, 0.2) is 12.2 Å². The van der Waals surface area contributed by atoms with E-state index in [0.717, 1.165) is 30.5 Å². The lowest BCUT2D eigenvalue weighted by molar-refractivity contribution is -0.944. The van der Waals surface area contributed by atoms with E-state index in [1.807, 2.05) is 26.2 Å². The smallest absolute Gasteiger partial charge is 0.335 e. The number of quaternary nitrogens is 1. The van der Waals surface area contributed by atoms with Gasteiger partial charge in [-0.2, -0.15) is 0 Å². The molecule has 0 aromatic heterocycles. The second-order valence-electron chi connectivity index (χ2n) is 9.61. The second kappa shape index (κ2) is 9.40. The Morgan fingerprint density at radius 3 is 2.67 bits per heavy atom. The third-order valence-corrected chi connectivity index (χ3v) is 6.84. The van der Waals surface area contributed by atoms with E-state index in [0.29, 0.717) is 6.54 Å². The minimum Gasteiger partial charge on any atom is -0.479 e. The molecule has 0 spiro atoms. The molecule has 1 aromatic rings. The Bertz CT molecular complexity index is 985. The first-order valence-corrected chi connectivity index (χ1v) is 11.4. The van der Waals surface area contributed by atoms with Crippen molar-refractivity contribution in [3.05, 3.63) is 59.7 Å². The van der Waals surface area contributed by atoms with Gasteiger partial charge in [-0.1, -0.05) is 42.5 Å². The van der Waals surface area contributed by atoms with Gasteiger partial charge < -0.3 is 35.0 Å². The van der Waals surface area contributed by atoms with Gasteiger partial charge in [-0.15, -0.1) is 0 Å². The maximum Gasteiger partial charge on any atom is 0.335 e. The predicted octanol–water partition coefficient (Wildman–Crippen LogP) is 1.50. The van der Waals surface area contributed by atoms with E-state index in [1.165, 1.54) is 11.1 Å². The number of ether oxygens (including phenoxy) is 1. The van der Waals surface area contributed by atoms with Crippen molar-refractivity contribution in [2.75, 3.05) is 26.0 Å². The fourth-order valence-corrected chi connectivity index (χ4v) is 4.95. The van der Waals surface area contributed by atoms with E-state index in [1.54, 1.807) is 0 Å². The van der Waals surface area contributed by atoms with Gasteiger partial charge >= 0.3 is 5.97 Å². The number of fused-ring (bicyclic) bond motifs is 2. The Morgan fingerprint density at radius 1 is 1.15 bits per heavy atom.